The Bertz CT molecular complexity index is 487. The van der Waals surface area contributed by atoms with Gasteiger partial charge in [-0.15, -0.1) is 12.4 Å². The molecule has 0 bridgehead atoms. The first kappa shape index (κ1) is 14.9. The van der Waals surface area contributed by atoms with E-state index in [0.717, 1.165) is 16.6 Å². The minimum atomic E-state index is -0.405. The lowest BCUT2D eigenvalue weighted by molar-refractivity contribution is 0.0913. The van der Waals surface area contributed by atoms with Crippen LogP contribution in [0.15, 0.2) is 34.0 Å². The zero-order valence-corrected chi connectivity index (χ0v) is 12.4. The van der Waals surface area contributed by atoms with Crippen molar-refractivity contribution in [3.8, 4) is 0 Å². The normalized spacial score (nSPS) is 27.8. The zero-order valence-electron chi connectivity index (χ0n) is 10.8. The van der Waals surface area contributed by atoms with Crippen molar-refractivity contribution in [3.05, 3.63) is 34.0 Å². The van der Waals surface area contributed by atoms with Crippen LogP contribution in [0.1, 0.15) is 13.8 Å². The molecule has 0 fully saturated rings. The summed E-state index contributed by atoms with van der Waals surface area (Å²) in [6.07, 6.45) is 3.23. The van der Waals surface area contributed by atoms with Crippen LogP contribution in [0.4, 0.5) is 0 Å². The van der Waals surface area contributed by atoms with Gasteiger partial charge in [-0.05, 0) is 36.5 Å². The van der Waals surface area contributed by atoms with Gasteiger partial charge in [-0.3, -0.25) is 0 Å². The molecule has 0 spiro atoms. The lowest BCUT2D eigenvalue weighted by Crippen LogP contribution is -2.39. The Hall–Kier alpha value is -0.455. The maximum absolute atomic E-state index is 6.36. The third-order valence-corrected chi connectivity index (χ3v) is 4.03. The molecule has 0 amide bonds. The number of ether oxygens (including phenoxy) is 1. The third-order valence-electron chi connectivity index (χ3n) is 3.58. The highest BCUT2D eigenvalue weighted by atomic mass is 35.5. The molecule has 3 aliphatic rings. The Labute approximate surface area is 124 Å². The Morgan fingerprint density at radius 3 is 2.95 bits per heavy atom. The predicted molar refractivity (Wildman–Crippen MR) is 77.1 cm³/mol. The summed E-state index contributed by atoms with van der Waals surface area (Å²) in [6.45, 7) is 4.85. The van der Waals surface area contributed by atoms with Gasteiger partial charge in [0, 0.05) is 6.54 Å². The molecular weight excluding hydrogens is 288 g/mol. The monoisotopic (exact) mass is 303 g/mol. The lowest BCUT2D eigenvalue weighted by Gasteiger charge is -2.28. The average Bonchev–Trinajstić information content (AvgIpc) is 2.52. The molecule has 0 radical (unpaired) electrons. The summed E-state index contributed by atoms with van der Waals surface area (Å²) in [7, 11) is -0.396. The van der Waals surface area contributed by atoms with Gasteiger partial charge in [0.15, 0.2) is 0 Å². The van der Waals surface area contributed by atoms with Gasteiger partial charge in [0.05, 0.1) is 23.0 Å². The smallest absolute Gasteiger partial charge is 0.495 e. The molecule has 1 unspecified atom stereocenters. The predicted octanol–water partition coefficient (Wildman–Crippen LogP) is 1.94. The Kier molecular flexibility index (Phi) is 4.05. The van der Waals surface area contributed by atoms with E-state index in [4.69, 9.17) is 31.4 Å². The summed E-state index contributed by atoms with van der Waals surface area (Å²) in [5, 5.41) is 0.629. The summed E-state index contributed by atoms with van der Waals surface area (Å²) in [5.41, 5.74) is 8.30. The third kappa shape index (κ3) is 2.24. The maximum Gasteiger partial charge on any atom is 0.495 e. The molecule has 3 heterocycles. The molecule has 0 aromatic carbocycles. The van der Waals surface area contributed by atoms with Crippen LogP contribution in [0.2, 0.25) is 0 Å². The van der Waals surface area contributed by atoms with Crippen molar-refractivity contribution >= 4 is 31.1 Å². The first-order chi connectivity index (χ1) is 8.54. The highest BCUT2D eigenvalue weighted by Crippen LogP contribution is 2.44. The van der Waals surface area contributed by atoms with Crippen LogP contribution < -0.4 is 5.73 Å². The van der Waals surface area contributed by atoms with Gasteiger partial charge in [0.25, 0.3) is 0 Å². The first-order valence-electron chi connectivity index (χ1n) is 5.99. The van der Waals surface area contributed by atoms with E-state index in [2.05, 4.69) is 0 Å². The molecule has 0 aliphatic carbocycles. The standard InChI is InChI=1S/C12H15BClNO3.ClH/c1-12(2)8-6-16-4-3-7-10(8)13(18-12)17-9(5-15)11(7)14;/h3-4,9H,5-6,15H2,1-2H3;1H. The fourth-order valence-electron chi connectivity index (χ4n) is 2.59. The van der Waals surface area contributed by atoms with Crippen LogP contribution in [0.5, 0.6) is 0 Å². The van der Waals surface area contributed by atoms with E-state index in [1.807, 2.05) is 19.9 Å². The van der Waals surface area contributed by atoms with Gasteiger partial charge >= 0.3 is 7.12 Å². The molecule has 0 aromatic rings. The van der Waals surface area contributed by atoms with Crippen LogP contribution in [0, 0.1) is 0 Å². The summed E-state index contributed by atoms with van der Waals surface area (Å²) in [4.78, 5) is 0. The van der Waals surface area contributed by atoms with Crippen molar-refractivity contribution in [1.29, 1.82) is 0 Å². The van der Waals surface area contributed by atoms with E-state index >= 15 is 0 Å². The molecule has 1 atom stereocenters. The Balaban J connectivity index is 0.00000133. The molecule has 3 aliphatic heterocycles. The van der Waals surface area contributed by atoms with Crippen molar-refractivity contribution in [2.45, 2.75) is 25.6 Å². The number of hydrogen-bond acceptors (Lipinski definition) is 4. The fourth-order valence-corrected chi connectivity index (χ4v) is 2.89. The van der Waals surface area contributed by atoms with E-state index in [1.54, 1.807) is 6.26 Å². The second-order valence-corrected chi connectivity index (χ2v) is 5.50. The lowest BCUT2D eigenvalue weighted by atomic mass is 9.70. The van der Waals surface area contributed by atoms with Gasteiger partial charge < -0.3 is 19.8 Å². The first-order valence-corrected chi connectivity index (χ1v) is 6.37. The van der Waals surface area contributed by atoms with Crippen LogP contribution in [-0.4, -0.2) is 32.0 Å². The second-order valence-electron chi connectivity index (χ2n) is 5.09. The number of hydrogen-bond donors (Lipinski definition) is 1. The Morgan fingerprint density at radius 1 is 1.53 bits per heavy atom. The molecule has 19 heavy (non-hydrogen) atoms. The van der Waals surface area contributed by atoms with E-state index in [1.165, 1.54) is 0 Å². The average molecular weight is 304 g/mol. The van der Waals surface area contributed by atoms with Gasteiger partial charge in [-0.2, -0.15) is 0 Å². The van der Waals surface area contributed by atoms with Crippen LogP contribution in [-0.2, 0) is 14.0 Å². The van der Waals surface area contributed by atoms with E-state index in [-0.39, 0.29) is 18.5 Å². The number of rotatable bonds is 1. The van der Waals surface area contributed by atoms with E-state index in [9.17, 15) is 0 Å². The summed E-state index contributed by atoms with van der Waals surface area (Å²) >= 11 is 6.36. The molecule has 2 N–H and O–H groups in total. The molecule has 4 nitrogen and oxygen atoms in total. The number of allylic oxidation sites excluding steroid dienone is 3. The summed E-state index contributed by atoms with van der Waals surface area (Å²) < 4.78 is 17.2. The number of nitrogens with two attached hydrogens (primary N) is 1. The van der Waals surface area contributed by atoms with Gasteiger partial charge in [0.2, 0.25) is 0 Å². The molecule has 3 rings (SSSR count). The SMILES string of the molecule is CC1(C)OB2OC(CN)C(Cl)=C3C=COCC1=C23.Cl. The van der Waals surface area contributed by atoms with Gasteiger partial charge in [-0.1, -0.05) is 11.6 Å². The fraction of sp³-hybridized carbons (Fsp3) is 0.500. The summed E-state index contributed by atoms with van der Waals surface area (Å²) in [5.74, 6) is 0. The minimum Gasteiger partial charge on any atom is -0.497 e. The van der Waals surface area contributed by atoms with Crippen molar-refractivity contribution in [3.63, 3.8) is 0 Å². The quantitative estimate of drug-likeness (QED) is 0.752. The van der Waals surface area contributed by atoms with Gasteiger partial charge in [0.1, 0.15) is 6.61 Å². The topological polar surface area (TPSA) is 53.7 Å². The largest absolute Gasteiger partial charge is 0.497 e. The zero-order chi connectivity index (χ0) is 12.9. The number of halogens is 2. The summed E-state index contributed by atoms with van der Waals surface area (Å²) in [6, 6.07) is 0. The van der Waals surface area contributed by atoms with Crippen molar-refractivity contribution < 1.29 is 14.0 Å². The van der Waals surface area contributed by atoms with Crippen molar-refractivity contribution in [2.24, 2.45) is 5.73 Å². The van der Waals surface area contributed by atoms with Crippen LogP contribution in [0.25, 0.3) is 0 Å². The second kappa shape index (κ2) is 5.15. The Morgan fingerprint density at radius 2 is 2.26 bits per heavy atom. The van der Waals surface area contributed by atoms with Crippen LogP contribution >= 0.6 is 24.0 Å². The van der Waals surface area contributed by atoms with E-state index in [0.29, 0.717) is 18.2 Å². The molecule has 104 valence electrons. The maximum atomic E-state index is 6.36. The minimum absolute atomic E-state index is 0. The highest BCUT2D eigenvalue weighted by molar-refractivity contribution is 6.58. The highest BCUT2D eigenvalue weighted by Gasteiger charge is 2.50. The molecule has 0 aromatic heterocycles. The molecule has 7 heteroatoms. The van der Waals surface area contributed by atoms with Crippen LogP contribution in [0.3, 0.4) is 0 Å². The van der Waals surface area contributed by atoms with Gasteiger partial charge in [-0.25, -0.2) is 0 Å². The molecule has 0 saturated carbocycles. The van der Waals surface area contributed by atoms with E-state index < -0.39 is 12.7 Å². The van der Waals surface area contributed by atoms with Crippen molar-refractivity contribution in [1.82, 2.24) is 0 Å². The molecular formula is C12H16BCl2NO3. The van der Waals surface area contributed by atoms with Crippen molar-refractivity contribution in [2.75, 3.05) is 13.2 Å². The molecule has 0 saturated heterocycles.